The van der Waals surface area contributed by atoms with Crippen molar-refractivity contribution in [2.75, 3.05) is 5.32 Å². The first-order valence-electron chi connectivity index (χ1n) is 5.85. The van der Waals surface area contributed by atoms with E-state index in [4.69, 9.17) is 10.5 Å². The van der Waals surface area contributed by atoms with Gasteiger partial charge in [0.25, 0.3) is 5.91 Å². The Morgan fingerprint density at radius 3 is 2.00 bits per heavy atom. The summed E-state index contributed by atoms with van der Waals surface area (Å²) < 4.78 is 0. The normalized spacial score (nSPS) is 9.80. The smallest absolute Gasteiger partial charge is 0.335 e. The van der Waals surface area contributed by atoms with E-state index < -0.39 is 5.97 Å². The fourth-order valence-corrected chi connectivity index (χ4v) is 1.63. The van der Waals surface area contributed by atoms with Crippen molar-refractivity contribution in [2.24, 2.45) is 0 Å². The van der Waals surface area contributed by atoms with Crippen molar-refractivity contribution in [3.05, 3.63) is 65.2 Å². The zero-order chi connectivity index (χ0) is 14.5. The number of benzene rings is 2. The van der Waals surface area contributed by atoms with E-state index in [1.807, 2.05) is 0 Å². The number of aromatic carboxylic acids is 1. The number of carbonyl (C=O) groups is 2. The van der Waals surface area contributed by atoms with Gasteiger partial charge in [-0.05, 0) is 42.0 Å². The van der Waals surface area contributed by atoms with E-state index in [9.17, 15) is 9.59 Å². The van der Waals surface area contributed by atoms with E-state index in [1.165, 1.54) is 30.5 Å². The van der Waals surface area contributed by atoms with E-state index >= 15 is 0 Å². The Hall–Kier alpha value is -2.95. The molecule has 2 rings (SSSR count). The second-order valence-electron chi connectivity index (χ2n) is 4.10. The minimum atomic E-state index is -1.03. The lowest BCUT2D eigenvalue weighted by atomic mass is 10.1. The lowest BCUT2D eigenvalue weighted by Crippen LogP contribution is -2.12. The largest absolute Gasteiger partial charge is 0.478 e. The van der Waals surface area contributed by atoms with E-state index in [2.05, 4.69) is 5.32 Å². The van der Waals surface area contributed by atoms with Gasteiger partial charge in [0, 0.05) is 17.5 Å². The third-order valence-corrected chi connectivity index (χ3v) is 2.73. The van der Waals surface area contributed by atoms with Crippen LogP contribution in [-0.2, 0) is 0 Å². The molecule has 0 heterocycles. The maximum atomic E-state index is 11.9. The average molecular weight is 268 g/mol. The van der Waals surface area contributed by atoms with Crippen LogP contribution in [0.2, 0.25) is 0 Å². The first-order chi connectivity index (χ1) is 9.60. The molecule has 2 aromatic carbocycles. The van der Waals surface area contributed by atoms with Crippen LogP contribution < -0.4 is 5.32 Å². The third-order valence-electron chi connectivity index (χ3n) is 2.73. The molecule has 0 unspecified atom stereocenters. The van der Waals surface area contributed by atoms with Crippen LogP contribution in [0.4, 0.5) is 5.69 Å². The number of anilines is 1. The number of carboxylic acid groups (broad SMARTS) is 1. The predicted molar refractivity (Wildman–Crippen MR) is 75.7 cm³/mol. The van der Waals surface area contributed by atoms with Gasteiger partial charge >= 0.3 is 5.97 Å². The van der Waals surface area contributed by atoms with Crippen LogP contribution in [0.5, 0.6) is 0 Å². The van der Waals surface area contributed by atoms with Crippen LogP contribution >= 0.6 is 0 Å². The number of hydrogen-bond donors (Lipinski definition) is 3. The van der Waals surface area contributed by atoms with Crippen LogP contribution in [-0.4, -0.2) is 23.2 Å². The summed E-state index contributed by atoms with van der Waals surface area (Å²) in [6.45, 7) is 0. The molecule has 0 radical (unpaired) electrons. The molecule has 0 saturated heterocycles. The SMILES string of the molecule is N=Cc1ccc(NC(=O)c2ccc(C(=O)O)cc2)cc1. The molecule has 0 aliphatic heterocycles. The van der Waals surface area contributed by atoms with Crippen molar-refractivity contribution in [2.45, 2.75) is 0 Å². The maximum Gasteiger partial charge on any atom is 0.335 e. The minimum Gasteiger partial charge on any atom is -0.478 e. The summed E-state index contributed by atoms with van der Waals surface area (Å²) in [4.78, 5) is 22.7. The minimum absolute atomic E-state index is 0.136. The van der Waals surface area contributed by atoms with Crippen LogP contribution in [0.1, 0.15) is 26.3 Å². The quantitative estimate of drug-likeness (QED) is 0.744. The molecule has 5 nitrogen and oxygen atoms in total. The highest BCUT2D eigenvalue weighted by Gasteiger charge is 2.08. The Kier molecular flexibility index (Phi) is 3.91. The fourth-order valence-electron chi connectivity index (χ4n) is 1.63. The second-order valence-corrected chi connectivity index (χ2v) is 4.10. The highest BCUT2D eigenvalue weighted by molar-refractivity contribution is 6.04. The van der Waals surface area contributed by atoms with Crippen LogP contribution in [0.25, 0.3) is 0 Å². The topological polar surface area (TPSA) is 90.3 Å². The summed E-state index contributed by atoms with van der Waals surface area (Å²) in [5.41, 5.74) is 1.87. The molecule has 100 valence electrons. The van der Waals surface area contributed by atoms with Gasteiger partial charge in [0.1, 0.15) is 0 Å². The summed E-state index contributed by atoms with van der Waals surface area (Å²) in [6, 6.07) is 12.5. The van der Waals surface area contributed by atoms with Gasteiger partial charge in [-0.15, -0.1) is 0 Å². The molecule has 0 fully saturated rings. The Bertz CT molecular complexity index is 646. The molecular weight excluding hydrogens is 256 g/mol. The van der Waals surface area contributed by atoms with E-state index in [0.29, 0.717) is 11.3 Å². The molecule has 0 aromatic heterocycles. The molecule has 5 heteroatoms. The van der Waals surface area contributed by atoms with Crippen molar-refractivity contribution < 1.29 is 14.7 Å². The molecule has 0 bridgehead atoms. The molecule has 0 atom stereocenters. The van der Waals surface area contributed by atoms with Gasteiger partial charge in [0.15, 0.2) is 0 Å². The summed E-state index contributed by atoms with van der Waals surface area (Å²) >= 11 is 0. The number of nitrogens with one attached hydrogen (secondary N) is 2. The summed E-state index contributed by atoms with van der Waals surface area (Å²) in [5, 5.41) is 18.6. The van der Waals surface area contributed by atoms with Gasteiger partial charge in [0.05, 0.1) is 5.56 Å². The molecule has 0 aliphatic rings. The van der Waals surface area contributed by atoms with Crippen LogP contribution in [0.3, 0.4) is 0 Å². The molecule has 0 spiro atoms. The van der Waals surface area contributed by atoms with Gasteiger partial charge < -0.3 is 15.8 Å². The number of hydrogen-bond acceptors (Lipinski definition) is 3. The summed E-state index contributed by atoms with van der Waals surface area (Å²) in [7, 11) is 0. The Labute approximate surface area is 115 Å². The molecule has 3 N–H and O–H groups in total. The van der Waals surface area contributed by atoms with E-state index in [0.717, 1.165) is 5.56 Å². The molecule has 1 amide bonds. The molecule has 0 aliphatic carbocycles. The predicted octanol–water partition coefficient (Wildman–Crippen LogP) is 2.63. The lowest BCUT2D eigenvalue weighted by Gasteiger charge is -2.05. The van der Waals surface area contributed by atoms with Gasteiger partial charge in [-0.3, -0.25) is 4.79 Å². The van der Waals surface area contributed by atoms with Crippen molar-refractivity contribution in [3.8, 4) is 0 Å². The highest BCUT2D eigenvalue weighted by atomic mass is 16.4. The molecular formula is C15H12N2O3. The Morgan fingerprint density at radius 1 is 0.950 bits per heavy atom. The average Bonchev–Trinajstić information content (AvgIpc) is 2.48. The Morgan fingerprint density at radius 2 is 1.50 bits per heavy atom. The molecule has 2 aromatic rings. The standard InChI is InChI=1S/C15H12N2O3/c16-9-10-1-7-13(8-2-10)17-14(18)11-3-5-12(6-4-11)15(19)20/h1-9,16H,(H,17,18)(H,19,20). The van der Waals surface area contributed by atoms with Crippen molar-refractivity contribution >= 4 is 23.8 Å². The van der Waals surface area contributed by atoms with E-state index in [1.54, 1.807) is 24.3 Å². The van der Waals surface area contributed by atoms with Gasteiger partial charge in [-0.25, -0.2) is 4.79 Å². The van der Waals surface area contributed by atoms with Gasteiger partial charge in [-0.1, -0.05) is 12.1 Å². The summed E-state index contributed by atoms with van der Waals surface area (Å²) in [6.07, 6.45) is 1.22. The lowest BCUT2D eigenvalue weighted by molar-refractivity contribution is 0.0696. The number of carbonyl (C=O) groups excluding carboxylic acids is 1. The second kappa shape index (κ2) is 5.79. The maximum absolute atomic E-state index is 11.9. The highest BCUT2D eigenvalue weighted by Crippen LogP contribution is 2.11. The van der Waals surface area contributed by atoms with Gasteiger partial charge in [-0.2, -0.15) is 0 Å². The Balaban J connectivity index is 2.10. The van der Waals surface area contributed by atoms with Crippen molar-refractivity contribution in [1.29, 1.82) is 5.41 Å². The summed E-state index contributed by atoms with van der Waals surface area (Å²) in [5.74, 6) is -1.34. The zero-order valence-corrected chi connectivity index (χ0v) is 10.5. The first-order valence-corrected chi connectivity index (χ1v) is 5.85. The van der Waals surface area contributed by atoms with Gasteiger partial charge in [0.2, 0.25) is 0 Å². The zero-order valence-electron chi connectivity index (χ0n) is 10.5. The number of carboxylic acids is 1. The number of amides is 1. The number of rotatable bonds is 4. The van der Waals surface area contributed by atoms with Crippen molar-refractivity contribution in [1.82, 2.24) is 0 Å². The monoisotopic (exact) mass is 268 g/mol. The third kappa shape index (κ3) is 3.08. The van der Waals surface area contributed by atoms with Crippen molar-refractivity contribution in [3.63, 3.8) is 0 Å². The van der Waals surface area contributed by atoms with Crippen LogP contribution in [0.15, 0.2) is 48.5 Å². The first kappa shape index (κ1) is 13.5. The van der Waals surface area contributed by atoms with E-state index in [-0.39, 0.29) is 11.5 Å². The van der Waals surface area contributed by atoms with Crippen LogP contribution in [0, 0.1) is 5.41 Å². The fraction of sp³-hybridized carbons (Fsp3) is 0. The molecule has 0 saturated carbocycles. The molecule has 20 heavy (non-hydrogen) atoms.